The lowest BCUT2D eigenvalue weighted by molar-refractivity contribution is -0.130. The molecule has 0 radical (unpaired) electrons. The van der Waals surface area contributed by atoms with Crippen molar-refractivity contribution >= 4 is 5.91 Å². The molecule has 1 aliphatic heterocycles. The first-order valence-corrected chi connectivity index (χ1v) is 6.26. The molecule has 0 spiro atoms. The predicted octanol–water partition coefficient (Wildman–Crippen LogP) is 0.834. The quantitative estimate of drug-likeness (QED) is 0.748. The van der Waals surface area contributed by atoms with E-state index in [9.17, 15) is 9.90 Å². The third-order valence-electron chi connectivity index (χ3n) is 3.86. The Morgan fingerprint density at radius 1 is 1.38 bits per heavy atom. The number of hydrogen-bond donors (Lipinski definition) is 2. The second kappa shape index (κ2) is 5.15. The van der Waals surface area contributed by atoms with Crippen molar-refractivity contribution in [2.45, 2.75) is 44.6 Å². The van der Waals surface area contributed by atoms with Gasteiger partial charge in [0.05, 0.1) is 6.61 Å². The number of carbonyl (C=O) groups excluding carboxylic acids is 1. The van der Waals surface area contributed by atoms with E-state index in [1.54, 1.807) is 0 Å². The lowest BCUT2D eigenvalue weighted by atomic mass is 9.87. The molecule has 0 aromatic rings. The number of amides is 1. The molecule has 4 heteroatoms. The number of hydrogen-bond acceptors (Lipinski definition) is 3. The molecule has 1 heterocycles. The molecule has 16 heavy (non-hydrogen) atoms. The summed E-state index contributed by atoms with van der Waals surface area (Å²) >= 11 is 0. The van der Waals surface area contributed by atoms with Gasteiger partial charge in [-0.15, -0.1) is 0 Å². The fourth-order valence-electron chi connectivity index (χ4n) is 2.69. The van der Waals surface area contributed by atoms with Crippen molar-refractivity contribution in [2.24, 2.45) is 5.41 Å². The molecular formula is C12H21NO3. The first kappa shape index (κ1) is 11.9. The van der Waals surface area contributed by atoms with Gasteiger partial charge in [-0.05, 0) is 25.7 Å². The number of nitrogens with one attached hydrogen (secondary N) is 1. The van der Waals surface area contributed by atoms with Crippen LogP contribution in [0.15, 0.2) is 0 Å². The van der Waals surface area contributed by atoms with Crippen LogP contribution in [0, 0.1) is 5.41 Å². The lowest BCUT2D eigenvalue weighted by Gasteiger charge is -2.27. The van der Waals surface area contributed by atoms with Crippen molar-refractivity contribution in [3.63, 3.8) is 0 Å². The molecule has 0 aromatic heterocycles. The van der Waals surface area contributed by atoms with E-state index in [-0.39, 0.29) is 24.0 Å². The van der Waals surface area contributed by atoms with Gasteiger partial charge in [0.2, 0.25) is 5.91 Å². The van der Waals surface area contributed by atoms with Crippen LogP contribution in [0.3, 0.4) is 0 Å². The van der Waals surface area contributed by atoms with Crippen molar-refractivity contribution in [3.8, 4) is 0 Å². The highest BCUT2D eigenvalue weighted by atomic mass is 16.5. The molecule has 1 atom stereocenters. The summed E-state index contributed by atoms with van der Waals surface area (Å²) in [5.74, 6) is -0.00257. The Morgan fingerprint density at radius 2 is 2.12 bits per heavy atom. The average molecular weight is 227 g/mol. The first-order valence-electron chi connectivity index (χ1n) is 6.26. The first-order chi connectivity index (χ1) is 7.76. The van der Waals surface area contributed by atoms with E-state index < -0.39 is 0 Å². The molecule has 0 aromatic carbocycles. The lowest BCUT2D eigenvalue weighted by Crippen LogP contribution is -2.42. The summed E-state index contributed by atoms with van der Waals surface area (Å²) in [7, 11) is 0. The molecule has 92 valence electrons. The molecule has 1 saturated carbocycles. The molecule has 2 N–H and O–H groups in total. The molecule has 0 bridgehead atoms. The van der Waals surface area contributed by atoms with Crippen molar-refractivity contribution in [2.75, 3.05) is 19.8 Å². The van der Waals surface area contributed by atoms with E-state index in [0.717, 1.165) is 38.5 Å². The average Bonchev–Trinajstić information content (AvgIpc) is 2.98. The zero-order chi connectivity index (χ0) is 11.4. The van der Waals surface area contributed by atoms with Crippen LogP contribution in [0.1, 0.15) is 38.5 Å². The summed E-state index contributed by atoms with van der Waals surface area (Å²) in [6.45, 7) is 1.48. The Hall–Kier alpha value is -0.610. The molecule has 2 aliphatic rings. The fourth-order valence-corrected chi connectivity index (χ4v) is 2.69. The SMILES string of the molecule is O=C(NCC1(CO)CCCC1)[C@H]1CCCO1. The minimum absolute atomic E-state index is 0.00257. The number of aliphatic hydroxyl groups is 1. The monoisotopic (exact) mass is 227 g/mol. The molecule has 2 fully saturated rings. The van der Waals surface area contributed by atoms with Crippen LogP contribution in [0.2, 0.25) is 0 Å². The van der Waals surface area contributed by atoms with E-state index in [0.29, 0.717) is 13.2 Å². The number of rotatable bonds is 4. The van der Waals surface area contributed by atoms with Crippen LogP contribution in [-0.4, -0.2) is 36.9 Å². The normalized spacial score (nSPS) is 28.2. The van der Waals surface area contributed by atoms with Gasteiger partial charge >= 0.3 is 0 Å². The molecule has 1 saturated heterocycles. The summed E-state index contributed by atoms with van der Waals surface area (Å²) in [4.78, 5) is 11.7. The third kappa shape index (κ3) is 2.55. The fraction of sp³-hybridized carbons (Fsp3) is 0.917. The van der Waals surface area contributed by atoms with E-state index in [1.807, 2.05) is 0 Å². The van der Waals surface area contributed by atoms with Crippen LogP contribution in [-0.2, 0) is 9.53 Å². The minimum Gasteiger partial charge on any atom is -0.396 e. The Bertz CT molecular complexity index is 243. The van der Waals surface area contributed by atoms with Gasteiger partial charge in [0.1, 0.15) is 6.10 Å². The second-order valence-corrected chi connectivity index (χ2v) is 5.08. The van der Waals surface area contributed by atoms with Gasteiger partial charge in [-0.1, -0.05) is 12.8 Å². The number of carbonyl (C=O) groups is 1. The molecule has 2 rings (SSSR count). The predicted molar refractivity (Wildman–Crippen MR) is 60.0 cm³/mol. The van der Waals surface area contributed by atoms with Crippen LogP contribution in [0.25, 0.3) is 0 Å². The smallest absolute Gasteiger partial charge is 0.249 e. The van der Waals surface area contributed by atoms with Crippen LogP contribution < -0.4 is 5.32 Å². The van der Waals surface area contributed by atoms with Gasteiger partial charge in [-0.3, -0.25) is 4.79 Å². The highest BCUT2D eigenvalue weighted by Crippen LogP contribution is 2.36. The van der Waals surface area contributed by atoms with E-state index >= 15 is 0 Å². The van der Waals surface area contributed by atoms with Crippen LogP contribution in [0.4, 0.5) is 0 Å². The zero-order valence-electron chi connectivity index (χ0n) is 9.71. The second-order valence-electron chi connectivity index (χ2n) is 5.08. The van der Waals surface area contributed by atoms with E-state index in [2.05, 4.69) is 5.32 Å². The van der Waals surface area contributed by atoms with Crippen LogP contribution in [0.5, 0.6) is 0 Å². The molecule has 1 amide bonds. The summed E-state index contributed by atoms with van der Waals surface area (Å²) in [5.41, 5.74) is -0.0612. The van der Waals surface area contributed by atoms with Crippen molar-refractivity contribution in [3.05, 3.63) is 0 Å². The van der Waals surface area contributed by atoms with Gasteiger partial charge in [0.25, 0.3) is 0 Å². The summed E-state index contributed by atoms with van der Waals surface area (Å²) in [5, 5.41) is 12.3. The largest absolute Gasteiger partial charge is 0.396 e. The topological polar surface area (TPSA) is 58.6 Å². The summed E-state index contributed by atoms with van der Waals surface area (Å²) < 4.78 is 5.32. The van der Waals surface area contributed by atoms with E-state index in [1.165, 1.54) is 0 Å². The van der Waals surface area contributed by atoms with Gasteiger partial charge in [0.15, 0.2) is 0 Å². The van der Waals surface area contributed by atoms with Crippen molar-refractivity contribution in [1.82, 2.24) is 5.32 Å². The molecular weight excluding hydrogens is 206 g/mol. The van der Waals surface area contributed by atoms with Gasteiger partial charge in [0, 0.05) is 18.6 Å². The molecule has 0 unspecified atom stereocenters. The van der Waals surface area contributed by atoms with Crippen LogP contribution >= 0.6 is 0 Å². The van der Waals surface area contributed by atoms with Crippen molar-refractivity contribution < 1.29 is 14.6 Å². The Morgan fingerprint density at radius 3 is 2.69 bits per heavy atom. The summed E-state index contributed by atoms with van der Waals surface area (Å²) in [6.07, 6.45) is 5.93. The maximum atomic E-state index is 11.7. The minimum atomic E-state index is -0.253. The maximum Gasteiger partial charge on any atom is 0.249 e. The molecule has 4 nitrogen and oxygen atoms in total. The van der Waals surface area contributed by atoms with Gasteiger partial charge in [-0.25, -0.2) is 0 Å². The molecule has 1 aliphatic carbocycles. The number of ether oxygens (including phenoxy) is 1. The van der Waals surface area contributed by atoms with E-state index in [4.69, 9.17) is 4.74 Å². The van der Waals surface area contributed by atoms with Crippen molar-refractivity contribution in [1.29, 1.82) is 0 Å². The third-order valence-corrected chi connectivity index (χ3v) is 3.86. The maximum absolute atomic E-state index is 11.7. The summed E-state index contributed by atoms with van der Waals surface area (Å²) in [6, 6.07) is 0. The Labute approximate surface area is 96.4 Å². The highest BCUT2D eigenvalue weighted by molar-refractivity contribution is 5.81. The van der Waals surface area contributed by atoms with Gasteiger partial charge in [-0.2, -0.15) is 0 Å². The van der Waals surface area contributed by atoms with Gasteiger partial charge < -0.3 is 15.2 Å². The standard InChI is InChI=1S/C12H21NO3/c14-9-12(5-1-2-6-12)8-13-11(15)10-4-3-7-16-10/h10,14H,1-9H2,(H,13,15)/t10-/m1/s1. The zero-order valence-corrected chi connectivity index (χ0v) is 9.71. The Balaban J connectivity index is 1.79. The highest BCUT2D eigenvalue weighted by Gasteiger charge is 2.34. The Kier molecular flexibility index (Phi) is 3.82. The number of aliphatic hydroxyl groups excluding tert-OH is 1.